The van der Waals surface area contributed by atoms with E-state index in [0.717, 1.165) is 5.56 Å². The SMILES string of the molecule is Cc1ccc(S(=O)(=O)N[C@H]2CC[C@H](CC(=O)NCc3ccccc3F)O[C@@H]2CO)cc1. The summed E-state index contributed by atoms with van der Waals surface area (Å²) in [7, 11) is -3.76. The number of amides is 1. The summed E-state index contributed by atoms with van der Waals surface area (Å²) in [5.41, 5.74) is 1.34. The molecule has 3 N–H and O–H groups in total. The fourth-order valence-electron chi connectivity index (χ4n) is 3.52. The lowest BCUT2D eigenvalue weighted by molar-refractivity contribution is -0.130. The van der Waals surface area contributed by atoms with Gasteiger partial charge in [-0.2, -0.15) is 0 Å². The Balaban J connectivity index is 1.53. The van der Waals surface area contributed by atoms with Crippen LogP contribution in [0.5, 0.6) is 0 Å². The molecule has 7 nitrogen and oxygen atoms in total. The van der Waals surface area contributed by atoms with Gasteiger partial charge >= 0.3 is 0 Å². The first-order valence-corrected chi connectivity index (χ1v) is 11.6. The average Bonchev–Trinajstić information content (AvgIpc) is 2.74. The van der Waals surface area contributed by atoms with Crippen LogP contribution in [0.1, 0.15) is 30.4 Å². The molecule has 1 amide bonds. The standard InChI is InChI=1S/C22H27FN2O5S/c1-15-6-9-18(10-7-15)31(28,29)25-20-11-8-17(30-21(20)14-26)12-22(27)24-13-16-4-2-3-5-19(16)23/h2-7,9-10,17,20-21,25-26H,8,11-14H2,1H3,(H,24,27)/t17-,20+,21-/m1/s1. The molecule has 1 saturated heterocycles. The summed E-state index contributed by atoms with van der Waals surface area (Å²) >= 11 is 0. The quantitative estimate of drug-likeness (QED) is 0.571. The Morgan fingerprint density at radius 2 is 1.87 bits per heavy atom. The predicted octanol–water partition coefficient (Wildman–Crippen LogP) is 2.03. The van der Waals surface area contributed by atoms with Crippen LogP contribution in [0.15, 0.2) is 53.4 Å². The van der Waals surface area contributed by atoms with Crippen LogP contribution in [0.2, 0.25) is 0 Å². The van der Waals surface area contributed by atoms with E-state index in [2.05, 4.69) is 10.0 Å². The van der Waals surface area contributed by atoms with Crippen molar-refractivity contribution in [3.8, 4) is 0 Å². The second-order valence-corrected chi connectivity index (χ2v) is 9.38. The van der Waals surface area contributed by atoms with Crippen LogP contribution in [-0.2, 0) is 26.1 Å². The highest BCUT2D eigenvalue weighted by atomic mass is 32.2. The van der Waals surface area contributed by atoms with Crippen molar-refractivity contribution in [1.82, 2.24) is 10.0 Å². The number of nitrogens with one attached hydrogen (secondary N) is 2. The monoisotopic (exact) mass is 450 g/mol. The zero-order chi connectivity index (χ0) is 22.4. The lowest BCUT2D eigenvalue weighted by Crippen LogP contribution is -2.51. The van der Waals surface area contributed by atoms with Crippen molar-refractivity contribution < 1.29 is 27.4 Å². The second kappa shape index (κ2) is 10.3. The maximum absolute atomic E-state index is 13.7. The van der Waals surface area contributed by atoms with Crippen LogP contribution in [0.25, 0.3) is 0 Å². The molecule has 1 aliphatic heterocycles. The van der Waals surface area contributed by atoms with Gasteiger partial charge in [0.2, 0.25) is 15.9 Å². The van der Waals surface area contributed by atoms with E-state index < -0.39 is 28.3 Å². The number of halogens is 1. The largest absolute Gasteiger partial charge is 0.394 e. The summed E-state index contributed by atoms with van der Waals surface area (Å²) in [5, 5.41) is 12.4. The van der Waals surface area contributed by atoms with Crippen molar-refractivity contribution in [2.24, 2.45) is 0 Å². The normalized spacial score (nSPS) is 21.6. The number of rotatable bonds is 8. The molecule has 0 aliphatic carbocycles. The lowest BCUT2D eigenvalue weighted by atomic mass is 9.98. The molecule has 0 bridgehead atoms. The highest BCUT2D eigenvalue weighted by Gasteiger charge is 2.34. The van der Waals surface area contributed by atoms with Gasteiger partial charge in [0.05, 0.1) is 36.2 Å². The van der Waals surface area contributed by atoms with Crippen molar-refractivity contribution in [2.75, 3.05) is 6.61 Å². The number of hydrogen-bond donors (Lipinski definition) is 3. The summed E-state index contributed by atoms with van der Waals surface area (Å²) < 4.78 is 47.3. The number of aliphatic hydroxyl groups is 1. The Morgan fingerprint density at radius 3 is 2.55 bits per heavy atom. The van der Waals surface area contributed by atoms with Gasteiger partial charge < -0.3 is 15.2 Å². The topological polar surface area (TPSA) is 105 Å². The number of carbonyl (C=O) groups is 1. The highest BCUT2D eigenvalue weighted by Crippen LogP contribution is 2.24. The molecule has 3 atom stereocenters. The Hall–Kier alpha value is -2.33. The number of sulfonamides is 1. The Labute approximate surface area is 181 Å². The summed E-state index contributed by atoms with van der Waals surface area (Å²) in [6.45, 7) is 1.56. The van der Waals surface area contributed by atoms with Crippen LogP contribution in [-0.4, -0.2) is 44.3 Å². The zero-order valence-corrected chi connectivity index (χ0v) is 18.1. The van der Waals surface area contributed by atoms with Crippen LogP contribution >= 0.6 is 0 Å². The van der Waals surface area contributed by atoms with Crippen molar-refractivity contribution in [3.05, 3.63) is 65.5 Å². The van der Waals surface area contributed by atoms with E-state index in [1.165, 1.54) is 18.2 Å². The van der Waals surface area contributed by atoms with Gasteiger partial charge in [-0.25, -0.2) is 17.5 Å². The van der Waals surface area contributed by atoms with Gasteiger partial charge in [-0.3, -0.25) is 4.79 Å². The first kappa shape index (κ1) is 23.3. The number of hydrogen-bond acceptors (Lipinski definition) is 5. The molecule has 1 heterocycles. The van der Waals surface area contributed by atoms with E-state index in [9.17, 15) is 22.7 Å². The van der Waals surface area contributed by atoms with Crippen molar-refractivity contribution >= 4 is 15.9 Å². The maximum Gasteiger partial charge on any atom is 0.240 e. The first-order valence-electron chi connectivity index (χ1n) is 10.1. The van der Waals surface area contributed by atoms with E-state index in [-0.39, 0.29) is 36.2 Å². The molecule has 1 fully saturated rings. The number of benzene rings is 2. The molecule has 2 aromatic carbocycles. The zero-order valence-electron chi connectivity index (χ0n) is 17.3. The molecule has 2 aromatic rings. The van der Waals surface area contributed by atoms with Gasteiger partial charge in [-0.05, 0) is 38.0 Å². The van der Waals surface area contributed by atoms with Crippen LogP contribution < -0.4 is 10.0 Å². The van der Waals surface area contributed by atoms with E-state index in [1.807, 2.05) is 6.92 Å². The fourth-order valence-corrected chi connectivity index (χ4v) is 4.81. The Bertz CT molecular complexity index is 997. The molecule has 31 heavy (non-hydrogen) atoms. The van der Waals surface area contributed by atoms with Gasteiger partial charge in [0.1, 0.15) is 5.82 Å². The highest BCUT2D eigenvalue weighted by molar-refractivity contribution is 7.89. The second-order valence-electron chi connectivity index (χ2n) is 7.67. The minimum atomic E-state index is -3.76. The average molecular weight is 451 g/mol. The molecule has 0 spiro atoms. The van der Waals surface area contributed by atoms with E-state index in [4.69, 9.17) is 4.74 Å². The van der Waals surface area contributed by atoms with Crippen LogP contribution in [0.4, 0.5) is 4.39 Å². The third-order valence-electron chi connectivity index (χ3n) is 5.28. The number of aliphatic hydroxyl groups excluding tert-OH is 1. The predicted molar refractivity (Wildman–Crippen MR) is 113 cm³/mol. The van der Waals surface area contributed by atoms with Gasteiger partial charge in [0.15, 0.2) is 0 Å². The molecule has 0 unspecified atom stereocenters. The molecular formula is C22H27FN2O5S. The third kappa shape index (κ3) is 6.33. The lowest BCUT2D eigenvalue weighted by Gasteiger charge is -2.35. The maximum atomic E-state index is 13.7. The number of ether oxygens (including phenoxy) is 1. The number of carbonyl (C=O) groups excluding carboxylic acids is 1. The molecule has 0 radical (unpaired) electrons. The molecule has 168 valence electrons. The summed E-state index contributed by atoms with van der Waals surface area (Å²) in [4.78, 5) is 12.4. The molecule has 0 aromatic heterocycles. The van der Waals surface area contributed by atoms with Gasteiger partial charge in [0.25, 0.3) is 0 Å². The molecule has 3 rings (SSSR count). The first-order chi connectivity index (χ1) is 14.8. The smallest absolute Gasteiger partial charge is 0.240 e. The van der Waals surface area contributed by atoms with Crippen molar-refractivity contribution in [2.45, 2.75) is 55.9 Å². The van der Waals surface area contributed by atoms with E-state index in [1.54, 1.807) is 30.3 Å². The summed E-state index contributed by atoms with van der Waals surface area (Å²) in [6.07, 6.45) is -0.314. The molecular weight excluding hydrogens is 423 g/mol. The van der Waals surface area contributed by atoms with Crippen molar-refractivity contribution in [3.63, 3.8) is 0 Å². The number of aryl methyl sites for hydroxylation is 1. The Kier molecular flexibility index (Phi) is 7.77. The van der Waals surface area contributed by atoms with Crippen LogP contribution in [0, 0.1) is 12.7 Å². The summed E-state index contributed by atoms with van der Waals surface area (Å²) in [6, 6.07) is 12.1. The third-order valence-corrected chi connectivity index (χ3v) is 6.79. The molecule has 1 aliphatic rings. The minimum Gasteiger partial charge on any atom is -0.394 e. The van der Waals surface area contributed by atoms with Gasteiger partial charge in [-0.1, -0.05) is 35.9 Å². The fraction of sp³-hybridized carbons (Fsp3) is 0.409. The molecule has 9 heteroatoms. The van der Waals surface area contributed by atoms with Gasteiger partial charge in [-0.15, -0.1) is 0 Å². The minimum absolute atomic E-state index is 0.0440. The van der Waals surface area contributed by atoms with Crippen molar-refractivity contribution in [1.29, 1.82) is 0 Å². The summed E-state index contributed by atoms with van der Waals surface area (Å²) in [5.74, 6) is -0.690. The van der Waals surface area contributed by atoms with E-state index in [0.29, 0.717) is 18.4 Å². The Morgan fingerprint density at radius 1 is 1.16 bits per heavy atom. The molecule has 0 saturated carbocycles. The van der Waals surface area contributed by atoms with E-state index >= 15 is 0 Å². The van der Waals surface area contributed by atoms with Gasteiger partial charge in [0, 0.05) is 12.1 Å². The van der Waals surface area contributed by atoms with Crippen LogP contribution in [0.3, 0.4) is 0 Å².